The van der Waals surface area contributed by atoms with Gasteiger partial charge in [0.2, 0.25) is 5.91 Å². The summed E-state index contributed by atoms with van der Waals surface area (Å²) in [7, 11) is 0. The molecule has 1 aliphatic carbocycles. The molecule has 24 heavy (non-hydrogen) atoms. The van der Waals surface area contributed by atoms with Gasteiger partial charge in [-0.3, -0.25) is 14.9 Å². The highest BCUT2D eigenvalue weighted by Crippen LogP contribution is 2.16. The monoisotopic (exact) mass is 332 g/mol. The molecule has 1 saturated heterocycles. The van der Waals surface area contributed by atoms with Crippen LogP contribution in [0.5, 0.6) is 0 Å². The van der Waals surface area contributed by atoms with Crippen molar-refractivity contribution in [3.63, 3.8) is 0 Å². The van der Waals surface area contributed by atoms with Crippen molar-refractivity contribution in [3.05, 3.63) is 39.9 Å². The number of nitro groups is 1. The summed E-state index contributed by atoms with van der Waals surface area (Å²) >= 11 is 0. The van der Waals surface area contributed by atoms with Gasteiger partial charge in [-0.15, -0.1) is 0 Å². The molecule has 130 valence electrons. The number of amides is 1. The molecule has 3 rings (SSSR count). The zero-order valence-corrected chi connectivity index (χ0v) is 14.1. The lowest BCUT2D eigenvalue weighted by molar-refractivity contribution is -0.930. The summed E-state index contributed by atoms with van der Waals surface area (Å²) in [5.74, 6) is 0.131. The van der Waals surface area contributed by atoms with Crippen LogP contribution in [0.15, 0.2) is 24.3 Å². The van der Waals surface area contributed by atoms with E-state index in [2.05, 4.69) is 0 Å². The zero-order valence-electron chi connectivity index (χ0n) is 14.1. The molecule has 1 amide bonds. The fourth-order valence-corrected chi connectivity index (χ4v) is 3.98. The molecule has 0 aromatic heterocycles. The molecule has 0 atom stereocenters. The summed E-state index contributed by atoms with van der Waals surface area (Å²) in [6.07, 6.45) is 7.10. The quantitative estimate of drug-likeness (QED) is 0.665. The molecule has 0 bridgehead atoms. The minimum Gasteiger partial charge on any atom is -0.331 e. The van der Waals surface area contributed by atoms with E-state index in [-0.39, 0.29) is 11.6 Å². The average molecular weight is 332 g/mol. The number of non-ortho nitro benzene ring substituents is 1. The van der Waals surface area contributed by atoms with Crippen LogP contribution < -0.4 is 4.90 Å². The molecule has 1 aliphatic heterocycles. The van der Waals surface area contributed by atoms with Crippen molar-refractivity contribution >= 4 is 11.6 Å². The van der Waals surface area contributed by atoms with Gasteiger partial charge in [0.15, 0.2) is 0 Å². The normalized spacial score (nSPS) is 20.1. The van der Waals surface area contributed by atoms with E-state index in [0.29, 0.717) is 6.42 Å². The Morgan fingerprint density at radius 1 is 1.12 bits per heavy atom. The molecule has 1 saturated carbocycles. The van der Waals surface area contributed by atoms with Crippen LogP contribution in [-0.2, 0) is 11.2 Å². The highest BCUT2D eigenvalue weighted by Gasteiger charge is 2.30. The van der Waals surface area contributed by atoms with E-state index in [1.165, 1.54) is 44.2 Å². The number of benzene rings is 1. The van der Waals surface area contributed by atoms with Gasteiger partial charge >= 0.3 is 0 Å². The Kier molecular flexibility index (Phi) is 5.45. The molecule has 0 spiro atoms. The number of hydrogen-bond acceptors (Lipinski definition) is 3. The van der Waals surface area contributed by atoms with Gasteiger partial charge in [-0.1, -0.05) is 18.6 Å². The van der Waals surface area contributed by atoms with Gasteiger partial charge in [0.25, 0.3) is 5.69 Å². The summed E-state index contributed by atoms with van der Waals surface area (Å²) in [6, 6.07) is 7.09. The Morgan fingerprint density at radius 3 is 2.33 bits per heavy atom. The predicted molar refractivity (Wildman–Crippen MR) is 91.0 cm³/mol. The molecule has 1 aromatic rings. The van der Waals surface area contributed by atoms with Crippen molar-refractivity contribution in [2.24, 2.45) is 0 Å². The number of hydrogen-bond donors (Lipinski definition) is 1. The summed E-state index contributed by atoms with van der Waals surface area (Å²) < 4.78 is 0. The molecular formula is C18H26N3O3+. The Morgan fingerprint density at radius 2 is 1.75 bits per heavy atom. The van der Waals surface area contributed by atoms with Crippen LogP contribution in [0.2, 0.25) is 0 Å². The Balaban J connectivity index is 1.48. The van der Waals surface area contributed by atoms with Gasteiger partial charge < -0.3 is 9.80 Å². The van der Waals surface area contributed by atoms with Crippen LogP contribution in [0.3, 0.4) is 0 Å². The number of carbonyl (C=O) groups is 1. The Hall–Kier alpha value is -1.95. The summed E-state index contributed by atoms with van der Waals surface area (Å²) in [5.41, 5.74) is 0.906. The molecule has 0 radical (unpaired) electrons. The first-order valence-corrected chi connectivity index (χ1v) is 8.99. The topological polar surface area (TPSA) is 67.9 Å². The summed E-state index contributed by atoms with van der Waals surface area (Å²) in [6.45, 7) is 3.77. The van der Waals surface area contributed by atoms with E-state index in [4.69, 9.17) is 0 Å². The van der Waals surface area contributed by atoms with Crippen LogP contribution in [0, 0.1) is 10.1 Å². The van der Waals surface area contributed by atoms with Crippen molar-refractivity contribution in [1.82, 2.24) is 4.90 Å². The Bertz CT molecular complexity index is 574. The molecule has 2 fully saturated rings. The predicted octanol–water partition coefficient (Wildman–Crippen LogP) is 1.20. The second-order valence-corrected chi connectivity index (χ2v) is 6.97. The third-order valence-electron chi connectivity index (χ3n) is 5.44. The standard InChI is InChI=1S/C18H25N3O3/c22-18(14-15-6-8-17(9-7-15)21(23)24)20-12-10-19(11-13-20)16-4-2-1-3-5-16/h6-9,16H,1-5,10-14H2/p+1. The maximum absolute atomic E-state index is 12.5. The van der Waals surface area contributed by atoms with Crippen LogP contribution in [-0.4, -0.2) is 48.0 Å². The molecule has 1 N–H and O–H groups in total. The first-order valence-electron chi connectivity index (χ1n) is 8.99. The zero-order chi connectivity index (χ0) is 16.9. The van der Waals surface area contributed by atoms with E-state index >= 15 is 0 Å². The molecule has 1 heterocycles. The van der Waals surface area contributed by atoms with Crippen molar-refractivity contribution in [3.8, 4) is 0 Å². The SMILES string of the molecule is O=C(Cc1ccc([N+](=O)[O-])cc1)N1CC[NH+](C2CCCCC2)CC1. The minimum absolute atomic E-state index is 0.0656. The number of piperazine rings is 1. The smallest absolute Gasteiger partial charge is 0.269 e. The van der Waals surface area contributed by atoms with Crippen LogP contribution >= 0.6 is 0 Å². The van der Waals surface area contributed by atoms with Crippen molar-refractivity contribution in [2.75, 3.05) is 26.2 Å². The molecule has 6 nitrogen and oxygen atoms in total. The molecule has 1 aromatic carbocycles. The van der Waals surface area contributed by atoms with Crippen LogP contribution in [0.4, 0.5) is 5.69 Å². The molecule has 0 unspecified atom stereocenters. The lowest BCUT2D eigenvalue weighted by atomic mass is 9.94. The lowest BCUT2D eigenvalue weighted by Gasteiger charge is -2.38. The minimum atomic E-state index is -0.418. The highest BCUT2D eigenvalue weighted by molar-refractivity contribution is 5.78. The van der Waals surface area contributed by atoms with E-state index in [0.717, 1.165) is 37.8 Å². The molecular weight excluding hydrogens is 306 g/mol. The fraction of sp³-hybridized carbons (Fsp3) is 0.611. The summed E-state index contributed by atoms with van der Waals surface area (Å²) in [4.78, 5) is 26.3. The highest BCUT2D eigenvalue weighted by atomic mass is 16.6. The second kappa shape index (κ2) is 7.75. The second-order valence-electron chi connectivity index (χ2n) is 6.97. The fourth-order valence-electron chi connectivity index (χ4n) is 3.98. The third-order valence-corrected chi connectivity index (χ3v) is 5.44. The third kappa shape index (κ3) is 4.12. The van der Waals surface area contributed by atoms with Gasteiger partial charge in [-0.25, -0.2) is 0 Å². The van der Waals surface area contributed by atoms with Gasteiger partial charge in [0.05, 0.1) is 43.6 Å². The number of quaternary nitrogens is 1. The summed E-state index contributed by atoms with van der Waals surface area (Å²) in [5, 5.41) is 10.7. The molecule has 6 heteroatoms. The number of rotatable bonds is 4. The van der Waals surface area contributed by atoms with E-state index in [1.54, 1.807) is 17.0 Å². The number of carbonyl (C=O) groups excluding carboxylic acids is 1. The number of nitrogens with one attached hydrogen (secondary N) is 1. The molecule has 2 aliphatic rings. The van der Waals surface area contributed by atoms with Crippen LogP contribution in [0.1, 0.15) is 37.7 Å². The maximum atomic E-state index is 12.5. The van der Waals surface area contributed by atoms with Gasteiger partial charge in [0, 0.05) is 12.1 Å². The van der Waals surface area contributed by atoms with Crippen LogP contribution in [0.25, 0.3) is 0 Å². The van der Waals surface area contributed by atoms with Crippen molar-refractivity contribution < 1.29 is 14.6 Å². The van der Waals surface area contributed by atoms with E-state index < -0.39 is 4.92 Å². The Labute approximate surface area is 142 Å². The van der Waals surface area contributed by atoms with Gasteiger partial charge in [-0.2, -0.15) is 0 Å². The van der Waals surface area contributed by atoms with E-state index in [9.17, 15) is 14.9 Å². The van der Waals surface area contributed by atoms with Crippen molar-refractivity contribution in [2.45, 2.75) is 44.6 Å². The average Bonchev–Trinajstić information content (AvgIpc) is 2.63. The number of nitrogens with zero attached hydrogens (tertiary/aromatic N) is 2. The largest absolute Gasteiger partial charge is 0.331 e. The first kappa shape index (κ1) is 16.9. The lowest BCUT2D eigenvalue weighted by Crippen LogP contribution is -3.18. The number of nitro benzene ring substituents is 1. The van der Waals surface area contributed by atoms with Gasteiger partial charge in [-0.05, 0) is 31.2 Å². The first-order chi connectivity index (χ1) is 11.6. The van der Waals surface area contributed by atoms with Crippen molar-refractivity contribution in [1.29, 1.82) is 0 Å². The van der Waals surface area contributed by atoms with E-state index in [1.807, 2.05) is 4.90 Å². The van der Waals surface area contributed by atoms with Gasteiger partial charge in [0.1, 0.15) is 0 Å². The maximum Gasteiger partial charge on any atom is 0.269 e.